The van der Waals surface area contributed by atoms with Crippen molar-refractivity contribution < 1.29 is 19.0 Å². The normalized spacial score (nSPS) is 10.2. The van der Waals surface area contributed by atoms with Crippen molar-refractivity contribution in [3.63, 3.8) is 0 Å². The summed E-state index contributed by atoms with van der Waals surface area (Å²) < 4.78 is 16.8. The second-order valence-corrected chi connectivity index (χ2v) is 5.97. The molecule has 0 atom stereocenters. The van der Waals surface area contributed by atoms with Crippen LogP contribution in [0.15, 0.2) is 40.9 Å². The van der Waals surface area contributed by atoms with Crippen molar-refractivity contribution in [3.05, 3.63) is 52.0 Å². The van der Waals surface area contributed by atoms with E-state index in [0.717, 1.165) is 10.0 Å². The number of hydrogen-bond acceptors (Lipinski definition) is 4. The minimum atomic E-state index is -0.108. The van der Waals surface area contributed by atoms with Crippen LogP contribution in [-0.4, -0.2) is 33.8 Å². The molecular weight excluding hydrogens is 374 g/mol. The monoisotopic (exact) mass is 393 g/mol. The Bertz CT molecular complexity index is 693. The van der Waals surface area contributed by atoms with Gasteiger partial charge in [0, 0.05) is 16.6 Å². The van der Waals surface area contributed by atoms with E-state index in [0.29, 0.717) is 35.8 Å². The quantitative estimate of drug-likeness (QED) is 0.782. The van der Waals surface area contributed by atoms with Gasteiger partial charge in [-0.1, -0.05) is 22.0 Å². The molecular formula is C18H20BrNO4. The van der Waals surface area contributed by atoms with E-state index in [1.807, 2.05) is 24.3 Å². The first-order chi connectivity index (χ1) is 11.6. The second-order valence-electron chi connectivity index (χ2n) is 5.05. The Hall–Kier alpha value is -2.21. The summed E-state index contributed by atoms with van der Waals surface area (Å²) in [5, 5.41) is 2.91. The fraction of sp³-hybridized carbons (Fsp3) is 0.278. The van der Waals surface area contributed by atoms with Crippen molar-refractivity contribution in [3.8, 4) is 17.2 Å². The van der Waals surface area contributed by atoms with Gasteiger partial charge in [0.15, 0.2) is 11.5 Å². The predicted octanol–water partition coefficient (Wildman–Crippen LogP) is 3.45. The molecule has 0 aliphatic carbocycles. The number of hydrogen-bond donors (Lipinski definition) is 1. The van der Waals surface area contributed by atoms with Crippen molar-refractivity contribution in [1.82, 2.24) is 5.32 Å². The van der Waals surface area contributed by atoms with Crippen molar-refractivity contribution >= 4 is 21.8 Å². The number of amides is 1. The van der Waals surface area contributed by atoms with E-state index in [1.165, 1.54) is 0 Å². The number of halogens is 1. The first-order valence-corrected chi connectivity index (χ1v) is 8.21. The Morgan fingerprint density at radius 1 is 1.04 bits per heavy atom. The van der Waals surface area contributed by atoms with Gasteiger partial charge in [0.2, 0.25) is 5.75 Å². The molecule has 2 rings (SSSR count). The first kappa shape index (κ1) is 18.1. The summed E-state index contributed by atoms with van der Waals surface area (Å²) in [4.78, 5) is 12.1. The molecule has 6 heteroatoms. The first-order valence-electron chi connectivity index (χ1n) is 7.41. The number of rotatable bonds is 7. The van der Waals surface area contributed by atoms with Gasteiger partial charge in [-0.2, -0.15) is 0 Å². The minimum Gasteiger partial charge on any atom is -0.493 e. The highest BCUT2D eigenvalue weighted by Crippen LogP contribution is 2.38. The van der Waals surface area contributed by atoms with Gasteiger partial charge < -0.3 is 19.5 Å². The summed E-state index contributed by atoms with van der Waals surface area (Å²) in [6, 6.07) is 11.0. The molecule has 0 saturated heterocycles. The van der Waals surface area contributed by atoms with E-state index < -0.39 is 0 Å². The summed E-state index contributed by atoms with van der Waals surface area (Å²) in [7, 11) is 4.73. The van der Waals surface area contributed by atoms with Crippen LogP contribution in [0.3, 0.4) is 0 Å². The van der Waals surface area contributed by atoms with Crippen LogP contribution in [0.1, 0.15) is 15.9 Å². The van der Waals surface area contributed by atoms with E-state index in [1.54, 1.807) is 33.5 Å². The lowest BCUT2D eigenvalue weighted by molar-refractivity contribution is 0.0954. The molecule has 0 aliphatic rings. The fourth-order valence-corrected chi connectivity index (χ4v) is 2.73. The van der Waals surface area contributed by atoms with Crippen molar-refractivity contribution in [2.45, 2.75) is 6.42 Å². The lowest BCUT2D eigenvalue weighted by Gasteiger charge is -2.14. The third kappa shape index (κ3) is 4.41. The molecule has 1 N–H and O–H groups in total. The van der Waals surface area contributed by atoms with Crippen LogP contribution in [0.4, 0.5) is 0 Å². The number of methoxy groups -OCH3 is 3. The van der Waals surface area contributed by atoms with Crippen molar-refractivity contribution in [2.24, 2.45) is 0 Å². The Morgan fingerprint density at radius 2 is 1.71 bits per heavy atom. The van der Waals surface area contributed by atoms with Crippen LogP contribution in [0, 0.1) is 0 Å². The highest BCUT2D eigenvalue weighted by atomic mass is 79.9. The maximum atomic E-state index is 12.1. The van der Waals surface area contributed by atoms with Crippen molar-refractivity contribution in [2.75, 3.05) is 27.9 Å². The fourth-order valence-electron chi connectivity index (χ4n) is 2.33. The molecule has 0 unspecified atom stereocenters. The zero-order valence-electron chi connectivity index (χ0n) is 13.9. The highest BCUT2D eigenvalue weighted by Gasteiger charge is 2.13. The molecule has 0 heterocycles. The Balaban J connectivity index is 2.03. The number of carbonyl (C=O) groups is 1. The molecule has 0 spiro atoms. The van der Waals surface area contributed by atoms with Gasteiger partial charge >= 0.3 is 0 Å². The Labute approximate surface area is 150 Å². The predicted molar refractivity (Wildman–Crippen MR) is 96.3 cm³/mol. The maximum Gasteiger partial charge on any atom is 0.251 e. The Kier molecular flexibility index (Phi) is 6.49. The number of ether oxygens (including phenoxy) is 3. The van der Waals surface area contributed by atoms with Crippen molar-refractivity contribution in [1.29, 1.82) is 0 Å². The third-order valence-corrected chi connectivity index (χ3v) is 4.00. The summed E-state index contributed by atoms with van der Waals surface area (Å²) in [5.74, 6) is 1.65. The van der Waals surface area contributed by atoms with E-state index in [2.05, 4.69) is 21.2 Å². The van der Waals surface area contributed by atoms with Gasteiger partial charge in [0.05, 0.1) is 21.3 Å². The smallest absolute Gasteiger partial charge is 0.251 e. The molecule has 1 amide bonds. The molecule has 5 nitrogen and oxygen atoms in total. The topological polar surface area (TPSA) is 56.8 Å². The van der Waals surface area contributed by atoms with E-state index in [9.17, 15) is 4.79 Å². The van der Waals surface area contributed by atoms with Crippen LogP contribution in [0.25, 0.3) is 0 Å². The molecule has 0 fully saturated rings. The molecule has 0 bridgehead atoms. The van der Waals surface area contributed by atoms with Gasteiger partial charge in [0.1, 0.15) is 0 Å². The lowest BCUT2D eigenvalue weighted by Crippen LogP contribution is -2.25. The lowest BCUT2D eigenvalue weighted by atomic mass is 10.1. The zero-order chi connectivity index (χ0) is 17.5. The van der Waals surface area contributed by atoms with Crippen LogP contribution in [0.5, 0.6) is 17.2 Å². The summed E-state index contributed by atoms with van der Waals surface area (Å²) in [5.41, 5.74) is 1.60. The molecule has 0 aromatic heterocycles. The SMILES string of the molecule is COc1cc(CCNC(=O)c2cccc(Br)c2)cc(OC)c1OC. The van der Waals surface area contributed by atoms with Gasteiger partial charge in [-0.15, -0.1) is 0 Å². The number of nitrogens with one attached hydrogen (secondary N) is 1. The van der Waals surface area contributed by atoms with E-state index in [-0.39, 0.29) is 5.91 Å². The number of benzene rings is 2. The maximum absolute atomic E-state index is 12.1. The molecule has 2 aromatic carbocycles. The van der Waals surface area contributed by atoms with Crippen LogP contribution in [0.2, 0.25) is 0 Å². The molecule has 2 aromatic rings. The van der Waals surface area contributed by atoms with Gasteiger partial charge in [0.25, 0.3) is 5.91 Å². The van der Waals surface area contributed by atoms with Gasteiger partial charge in [-0.25, -0.2) is 0 Å². The zero-order valence-corrected chi connectivity index (χ0v) is 15.5. The van der Waals surface area contributed by atoms with E-state index >= 15 is 0 Å². The molecule has 24 heavy (non-hydrogen) atoms. The largest absolute Gasteiger partial charge is 0.493 e. The summed E-state index contributed by atoms with van der Waals surface area (Å²) >= 11 is 3.36. The van der Waals surface area contributed by atoms with Crippen LogP contribution >= 0.6 is 15.9 Å². The molecule has 0 aliphatic heterocycles. The summed E-state index contributed by atoms with van der Waals surface area (Å²) in [6.07, 6.45) is 0.649. The standard InChI is InChI=1S/C18H20BrNO4/c1-22-15-9-12(10-16(23-2)17(15)24-3)7-8-20-18(21)13-5-4-6-14(19)11-13/h4-6,9-11H,7-8H2,1-3H3,(H,20,21). The van der Waals surface area contributed by atoms with Crippen LogP contribution in [-0.2, 0) is 6.42 Å². The molecule has 0 radical (unpaired) electrons. The van der Waals surface area contributed by atoms with Gasteiger partial charge in [-0.05, 0) is 42.3 Å². The summed E-state index contributed by atoms with van der Waals surface area (Å²) in [6.45, 7) is 0.504. The second kappa shape index (κ2) is 8.59. The van der Waals surface area contributed by atoms with E-state index in [4.69, 9.17) is 14.2 Å². The average Bonchev–Trinajstić information content (AvgIpc) is 2.60. The molecule has 128 valence electrons. The van der Waals surface area contributed by atoms with Crippen LogP contribution < -0.4 is 19.5 Å². The Morgan fingerprint density at radius 3 is 2.25 bits per heavy atom. The highest BCUT2D eigenvalue weighted by molar-refractivity contribution is 9.10. The minimum absolute atomic E-state index is 0.108. The molecule has 0 saturated carbocycles. The third-order valence-electron chi connectivity index (χ3n) is 3.51. The van der Waals surface area contributed by atoms with Gasteiger partial charge in [-0.3, -0.25) is 4.79 Å². The average molecular weight is 394 g/mol. The number of carbonyl (C=O) groups excluding carboxylic acids is 1.